The molecule has 0 atom stereocenters. The van der Waals surface area contributed by atoms with Gasteiger partial charge in [-0.15, -0.1) is 0 Å². The number of nitrogens with two attached hydrogens (primary N) is 1. The van der Waals surface area contributed by atoms with Crippen molar-refractivity contribution in [2.24, 2.45) is 0 Å². The highest BCUT2D eigenvalue weighted by atomic mass is 35.5. The number of nitrogens with one attached hydrogen (secondary N) is 1. The van der Waals surface area contributed by atoms with Crippen LogP contribution in [-0.2, 0) is 14.3 Å². The van der Waals surface area contributed by atoms with Crippen LogP contribution in [-0.4, -0.2) is 42.9 Å². The Morgan fingerprint density at radius 1 is 1.14 bits per heavy atom. The minimum absolute atomic E-state index is 0.0794. The van der Waals surface area contributed by atoms with Crippen LogP contribution in [0.5, 0.6) is 0 Å². The number of rotatable bonds is 6. The summed E-state index contributed by atoms with van der Waals surface area (Å²) in [4.78, 5) is 37.6. The summed E-state index contributed by atoms with van der Waals surface area (Å²) in [7, 11) is 1.45. The molecule has 0 saturated heterocycles. The molecule has 0 aliphatic heterocycles. The molecule has 8 heteroatoms. The van der Waals surface area contributed by atoms with Gasteiger partial charge in [0.2, 0.25) is 5.91 Å². The Balaban J connectivity index is 1.89. The molecule has 0 aromatic heterocycles. The molecular weight excluding hydrogens is 382 g/mol. The predicted octanol–water partition coefficient (Wildman–Crippen LogP) is 2.79. The smallest absolute Gasteiger partial charge is 0.340 e. The summed E-state index contributed by atoms with van der Waals surface area (Å²) in [6, 6.07) is 10.1. The second-order valence-corrected chi connectivity index (χ2v) is 6.81. The molecule has 148 valence electrons. The van der Waals surface area contributed by atoms with Gasteiger partial charge in [-0.05, 0) is 43.2 Å². The number of ether oxygens (including phenoxy) is 1. The number of aryl methyl sites for hydroxylation is 2. The zero-order valence-electron chi connectivity index (χ0n) is 15.9. The van der Waals surface area contributed by atoms with E-state index in [0.29, 0.717) is 5.02 Å². The zero-order valence-corrected chi connectivity index (χ0v) is 16.7. The maximum absolute atomic E-state index is 12.2. The van der Waals surface area contributed by atoms with E-state index in [4.69, 9.17) is 22.1 Å². The van der Waals surface area contributed by atoms with Gasteiger partial charge in [-0.1, -0.05) is 29.8 Å². The van der Waals surface area contributed by atoms with Crippen molar-refractivity contribution >= 4 is 40.8 Å². The molecule has 2 aromatic carbocycles. The van der Waals surface area contributed by atoms with Crippen molar-refractivity contribution in [3.63, 3.8) is 0 Å². The molecule has 0 heterocycles. The van der Waals surface area contributed by atoms with E-state index in [9.17, 15) is 14.4 Å². The molecule has 0 aliphatic rings. The number of amides is 2. The molecular formula is C20H22ClN3O4. The number of para-hydroxylation sites is 1. The van der Waals surface area contributed by atoms with E-state index in [2.05, 4.69) is 5.32 Å². The molecule has 2 aromatic rings. The zero-order chi connectivity index (χ0) is 20.8. The molecule has 0 unspecified atom stereocenters. The molecule has 0 bridgehead atoms. The standard InChI is InChI=1S/C20H22ClN3O4/c1-12-5-4-6-13(2)19(12)23-17(25)10-24(3)18(26)11-28-20(27)15-9-14(21)7-8-16(15)22/h4-9H,10-11,22H2,1-3H3,(H,23,25). The third kappa shape index (κ3) is 5.47. The van der Waals surface area contributed by atoms with Crippen molar-refractivity contribution in [3.8, 4) is 0 Å². The van der Waals surface area contributed by atoms with Gasteiger partial charge >= 0.3 is 5.97 Å². The maximum Gasteiger partial charge on any atom is 0.340 e. The predicted molar refractivity (Wildman–Crippen MR) is 108 cm³/mol. The number of esters is 1. The first-order chi connectivity index (χ1) is 13.2. The Morgan fingerprint density at radius 2 is 1.79 bits per heavy atom. The Morgan fingerprint density at radius 3 is 2.43 bits per heavy atom. The largest absolute Gasteiger partial charge is 0.452 e. The highest BCUT2D eigenvalue weighted by Gasteiger charge is 2.18. The van der Waals surface area contributed by atoms with Crippen LogP contribution in [0.2, 0.25) is 5.02 Å². The number of halogens is 1. The minimum atomic E-state index is -0.762. The van der Waals surface area contributed by atoms with Crippen molar-refractivity contribution in [1.82, 2.24) is 4.90 Å². The summed E-state index contributed by atoms with van der Waals surface area (Å²) < 4.78 is 4.98. The number of carbonyl (C=O) groups is 3. The fourth-order valence-corrected chi connectivity index (χ4v) is 2.69. The van der Waals surface area contributed by atoms with E-state index < -0.39 is 18.5 Å². The number of nitrogens with zero attached hydrogens (tertiary/aromatic N) is 1. The maximum atomic E-state index is 12.2. The first-order valence-electron chi connectivity index (χ1n) is 8.51. The minimum Gasteiger partial charge on any atom is -0.452 e. The topological polar surface area (TPSA) is 102 Å². The molecule has 3 N–H and O–H groups in total. The van der Waals surface area contributed by atoms with Crippen molar-refractivity contribution in [2.45, 2.75) is 13.8 Å². The first-order valence-corrected chi connectivity index (χ1v) is 8.89. The van der Waals surface area contributed by atoms with Gasteiger partial charge < -0.3 is 20.7 Å². The summed E-state index contributed by atoms with van der Waals surface area (Å²) in [5, 5.41) is 3.12. The molecule has 0 radical (unpaired) electrons. The van der Waals surface area contributed by atoms with Crippen LogP contribution >= 0.6 is 11.6 Å². The Kier molecular flexibility index (Phi) is 7.00. The van der Waals surface area contributed by atoms with Crippen molar-refractivity contribution in [3.05, 3.63) is 58.1 Å². The quantitative estimate of drug-likeness (QED) is 0.570. The van der Waals surface area contributed by atoms with Crippen LogP contribution in [0.3, 0.4) is 0 Å². The van der Waals surface area contributed by atoms with Crippen LogP contribution in [0.15, 0.2) is 36.4 Å². The van der Waals surface area contributed by atoms with Gasteiger partial charge in [0.05, 0.1) is 12.1 Å². The van der Waals surface area contributed by atoms with Gasteiger partial charge in [0.15, 0.2) is 6.61 Å². The Labute approximate surface area is 168 Å². The number of nitrogen functional groups attached to an aromatic ring is 1. The average Bonchev–Trinajstić information content (AvgIpc) is 2.64. The van der Waals surface area contributed by atoms with Crippen molar-refractivity contribution < 1.29 is 19.1 Å². The van der Waals surface area contributed by atoms with E-state index in [0.717, 1.165) is 16.8 Å². The molecule has 0 fully saturated rings. The number of anilines is 2. The highest BCUT2D eigenvalue weighted by molar-refractivity contribution is 6.31. The molecule has 2 amide bonds. The SMILES string of the molecule is Cc1cccc(C)c1NC(=O)CN(C)C(=O)COC(=O)c1cc(Cl)ccc1N. The van der Waals surface area contributed by atoms with Crippen LogP contribution in [0.1, 0.15) is 21.5 Å². The number of benzene rings is 2. The van der Waals surface area contributed by atoms with Crippen LogP contribution < -0.4 is 11.1 Å². The molecule has 0 saturated carbocycles. The molecule has 0 spiro atoms. The average molecular weight is 404 g/mol. The fourth-order valence-electron chi connectivity index (χ4n) is 2.51. The van der Waals surface area contributed by atoms with Crippen molar-refractivity contribution in [1.29, 1.82) is 0 Å². The second kappa shape index (κ2) is 9.23. The van der Waals surface area contributed by atoms with E-state index >= 15 is 0 Å². The molecule has 28 heavy (non-hydrogen) atoms. The number of likely N-dealkylation sites (N-methyl/N-ethyl adjacent to an activating group) is 1. The van der Waals surface area contributed by atoms with Gasteiger partial charge in [0.1, 0.15) is 0 Å². The van der Waals surface area contributed by atoms with E-state index in [-0.39, 0.29) is 23.7 Å². The molecule has 2 rings (SSSR count). The second-order valence-electron chi connectivity index (χ2n) is 6.37. The summed E-state index contributed by atoms with van der Waals surface area (Å²) in [6.07, 6.45) is 0. The van der Waals surface area contributed by atoms with E-state index in [1.54, 1.807) is 6.07 Å². The Hall–Kier alpha value is -3.06. The van der Waals surface area contributed by atoms with Crippen molar-refractivity contribution in [2.75, 3.05) is 31.2 Å². The van der Waals surface area contributed by atoms with Gasteiger partial charge in [-0.25, -0.2) is 4.79 Å². The summed E-state index contributed by atoms with van der Waals surface area (Å²) in [6.45, 7) is 3.08. The first kappa shape index (κ1) is 21.2. The summed E-state index contributed by atoms with van der Waals surface area (Å²) in [5.74, 6) is -1.63. The lowest BCUT2D eigenvalue weighted by Crippen LogP contribution is -2.37. The number of carbonyl (C=O) groups excluding carboxylic acids is 3. The molecule has 0 aliphatic carbocycles. The summed E-state index contributed by atoms with van der Waals surface area (Å²) >= 11 is 5.84. The lowest BCUT2D eigenvalue weighted by atomic mass is 10.1. The normalized spacial score (nSPS) is 10.3. The van der Waals surface area contributed by atoms with E-state index in [1.165, 1.54) is 24.1 Å². The lowest BCUT2D eigenvalue weighted by Gasteiger charge is -2.18. The highest BCUT2D eigenvalue weighted by Crippen LogP contribution is 2.20. The van der Waals surface area contributed by atoms with Crippen LogP contribution in [0.25, 0.3) is 0 Å². The number of hydrogen-bond acceptors (Lipinski definition) is 5. The van der Waals surface area contributed by atoms with Gasteiger partial charge in [-0.3, -0.25) is 9.59 Å². The lowest BCUT2D eigenvalue weighted by molar-refractivity contribution is -0.136. The van der Waals surface area contributed by atoms with Crippen LogP contribution in [0, 0.1) is 13.8 Å². The van der Waals surface area contributed by atoms with E-state index in [1.807, 2.05) is 32.0 Å². The van der Waals surface area contributed by atoms with Crippen LogP contribution in [0.4, 0.5) is 11.4 Å². The number of hydrogen-bond donors (Lipinski definition) is 2. The van der Waals surface area contributed by atoms with Gasteiger partial charge in [0.25, 0.3) is 5.91 Å². The molecule has 7 nitrogen and oxygen atoms in total. The summed E-state index contributed by atoms with van der Waals surface area (Å²) in [5.41, 5.74) is 8.56. The van der Waals surface area contributed by atoms with Gasteiger partial charge in [0, 0.05) is 23.4 Å². The third-order valence-corrected chi connectivity index (χ3v) is 4.35. The van der Waals surface area contributed by atoms with Gasteiger partial charge in [-0.2, -0.15) is 0 Å². The Bertz CT molecular complexity index is 894. The third-order valence-electron chi connectivity index (χ3n) is 4.11. The fraction of sp³-hybridized carbons (Fsp3) is 0.250. The monoisotopic (exact) mass is 403 g/mol.